The summed E-state index contributed by atoms with van der Waals surface area (Å²) in [7, 11) is 0. The SMILES string of the molecule is CCC(CC)(CC)N(C(c1ccccc1)C(C)C)C(C)(C)C. The Morgan fingerprint density at radius 1 is 0.864 bits per heavy atom. The third kappa shape index (κ3) is 3.93. The molecular weight excluding hydrogens is 266 g/mol. The highest BCUT2D eigenvalue weighted by molar-refractivity contribution is 5.21. The summed E-state index contributed by atoms with van der Waals surface area (Å²) in [4.78, 5) is 2.82. The highest BCUT2D eigenvalue weighted by Crippen LogP contribution is 2.44. The Morgan fingerprint density at radius 3 is 1.64 bits per heavy atom. The highest BCUT2D eigenvalue weighted by atomic mass is 15.3. The molecule has 0 aliphatic heterocycles. The summed E-state index contributed by atoms with van der Waals surface area (Å²) in [6, 6.07) is 11.5. The first-order valence-corrected chi connectivity index (χ1v) is 9.07. The summed E-state index contributed by atoms with van der Waals surface area (Å²) in [5.41, 5.74) is 1.86. The third-order valence-corrected chi connectivity index (χ3v) is 5.26. The molecule has 1 rings (SSSR count). The minimum Gasteiger partial charge on any atom is -0.286 e. The molecule has 0 aliphatic carbocycles. The van der Waals surface area contributed by atoms with E-state index in [1.807, 2.05) is 0 Å². The van der Waals surface area contributed by atoms with Gasteiger partial charge in [0.25, 0.3) is 0 Å². The van der Waals surface area contributed by atoms with Crippen LogP contribution in [-0.2, 0) is 0 Å². The van der Waals surface area contributed by atoms with Gasteiger partial charge >= 0.3 is 0 Å². The van der Waals surface area contributed by atoms with Gasteiger partial charge in [-0.15, -0.1) is 0 Å². The van der Waals surface area contributed by atoms with Crippen molar-refractivity contribution < 1.29 is 0 Å². The van der Waals surface area contributed by atoms with Crippen LogP contribution >= 0.6 is 0 Å². The predicted octanol–water partition coefficient (Wildman–Crippen LogP) is 6.45. The summed E-state index contributed by atoms with van der Waals surface area (Å²) in [5, 5.41) is 0. The van der Waals surface area contributed by atoms with Gasteiger partial charge in [0.15, 0.2) is 0 Å². The van der Waals surface area contributed by atoms with Gasteiger partial charge in [0, 0.05) is 17.1 Å². The molecule has 1 atom stereocenters. The fourth-order valence-corrected chi connectivity index (χ4v) is 4.17. The van der Waals surface area contributed by atoms with Crippen molar-refractivity contribution >= 4 is 0 Å². The van der Waals surface area contributed by atoms with E-state index < -0.39 is 0 Å². The molecule has 0 aliphatic rings. The summed E-state index contributed by atoms with van der Waals surface area (Å²) < 4.78 is 0. The highest BCUT2D eigenvalue weighted by Gasteiger charge is 2.43. The number of benzene rings is 1. The molecule has 1 unspecified atom stereocenters. The maximum atomic E-state index is 2.82. The monoisotopic (exact) mass is 303 g/mol. The maximum absolute atomic E-state index is 2.82. The van der Waals surface area contributed by atoms with Crippen LogP contribution in [0.3, 0.4) is 0 Å². The molecule has 22 heavy (non-hydrogen) atoms. The Hall–Kier alpha value is -0.820. The maximum Gasteiger partial charge on any atom is 0.0381 e. The van der Waals surface area contributed by atoms with Crippen molar-refractivity contribution in [1.29, 1.82) is 0 Å². The van der Waals surface area contributed by atoms with E-state index in [1.54, 1.807) is 0 Å². The predicted molar refractivity (Wildman–Crippen MR) is 99.2 cm³/mol. The molecule has 0 amide bonds. The second kappa shape index (κ2) is 7.64. The lowest BCUT2D eigenvalue weighted by Gasteiger charge is -2.55. The van der Waals surface area contributed by atoms with Crippen molar-refractivity contribution in [3.63, 3.8) is 0 Å². The smallest absolute Gasteiger partial charge is 0.0381 e. The van der Waals surface area contributed by atoms with Gasteiger partial charge in [0.05, 0.1) is 0 Å². The molecule has 0 saturated heterocycles. The number of hydrogen-bond donors (Lipinski definition) is 0. The van der Waals surface area contributed by atoms with Gasteiger partial charge in [0.2, 0.25) is 0 Å². The van der Waals surface area contributed by atoms with Crippen LogP contribution in [-0.4, -0.2) is 16.0 Å². The summed E-state index contributed by atoms with van der Waals surface area (Å²) in [5.74, 6) is 0.589. The quantitative estimate of drug-likeness (QED) is 0.559. The first-order valence-electron chi connectivity index (χ1n) is 9.07. The first kappa shape index (κ1) is 19.2. The topological polar surface area (TPSA) is 3.24 Å². The van der Waals surface area contributed by atoms with Crippen LogP contribution in [0.4, 0.5) is 0 Å². The Balaban J connectivity index is 3.47. The average Bonchev–Trinajstić information content (AvgIpc) is 2.48. The van der Waals surface area contributed by atoms with E-state index in [0.29, 0.717) is 12.0 Å². The Morgan fingerprint density at radius 2 is 1.32 bits per heavy atom. The zero-order valence-electron chi connectivity index (χ0n) is 16.1. The molecule has 0 saturated carbocycles. The van der Waals surface area contributed by atoms with E-state index in [0.717, 1.165) is 0 Å². The number of hydrogen-bond acceptors (Lipinski definition) is 1. The molecule has 0 aromatic heterocycles. The van der Waals surface area contributed by atoms with Gasteiger partial charge in [0.1, 0.15) is 0 Å². The second-order valence-electron chi connectivity index (χ2n) is 7.93. The van der Waals surface area contributed by atoms with Crippen LogP contribution < -0.4 is 0 Å². The van der Waals surface area contributed by atoms with Crippen LogP contribution in [0, 0.1) is 5.92 Å². The molecule has 0 radical (unpaired) electrons. The third-order valence-electron chi connectivity index (χ3n) is 5.26. The molecule has 0 N–H and O–H groups in total. The van der Waals surface area contributed by atoms with E-state index in [4.69, 9.17) is 0 Å². The van der Waals surface area contributed by atoms with Crippen LogP contribution in [0.5, 0.6) is 0 Å². The molecule has 1 nitrogen and oxygen atoms in total. The van der Waals surface area contributed by atoms with Gasteiger partial charge in [-0.05, 0) is 51.5 Å². The summed E-state index contributed by atoms with van der Waals surface area (Å²) in [6.45, 7) is 18.9. The zero-order valence-corrected chi connectivity index (χ0v) is 16.1. The van der Waals surface area contributed by atoms with E-state index in [2.05, 4.69) is 90.6 Å². The Kier molecular flexibility index (Phi) is 6.67. The lowest BCUT2D eigenvalue weighted by atomic mass is 9.78. The van der Waals surface area contributed by atoms with Crippen LogP contribution in [0.2, 0.25) is 0 Å². The molecule has 1 heteroatoms. The van der Waals surface area contributed by atoms with Gasteiger partial charge in [-0.1, -0.05) is 65.0 Å². The molecule has 1 aromatic carbocycles. The Labute approximate surface area is 139 Å². The molecular formula is C21H37N. The van der Waals surface area contributed by atoms with Crippen molar-refractivity contribution in [2.45, 2.75) is 91.8 Å². The molecule has 0 spiro atoms. The van der Waals surface area contributed by atoms with Crippen LogP contribution in [0.1, 0.15) is 86.3 Å². The first-order chi connectivity index (χ1) is 10.2. The van der Waals surface area contributed by atoms with Crippen molar-refractivity contribution in [3.05, 3.63) is 35.9 Å². The second-order valence-corrected chi connectivity index (χ2v) is 7.93. The number of rotatable bonds is 7. The van der Waals surface area contributed by atoms with Crippen LogP contribution in [0.25, 0.3) is 0 Å². The fourth-order valence-electron chi connectivity index (χ4n) is 4.17. The lowest BCUT2D eigenvalue weighted by Crippen LogP contribution is -2.58. The molecule has 0 fully saturated rings. The average molecular weight is 304 g/mol. The summed E-state index contributed by atoms with van der Waals surface area (Å²) >= 11 is 0. The summed E-state index contributed by atoms with van der Waals surface area (Å²) in [6.07, 6.45) is 3.61. The van der Waals surface area contributed by atoms with Gasteiger partial charge in [-0.25, -0.2) is 0 Å². The minimum atomic E-state index is 0.146. The molecule has 0 heterocycles. The van der Waals surface area contributed by atoms with Gasteiger partial charge in [-0.3, -0.25) is 4.90 Å². The van der Waals surface area contributed by atoms with Crippen LogP contribution in [0.15, 0.2) is 30.3 Å². The zero-order chi connectivity index (χ0) is 17.0. The standard InChI is InChI=1S/C21H37N/c1-9-21(10-2,11-3)22(20(6,7)8)19(17(4)5)18-15-13-12-14-16-18/h12-17,19H,9-11H2,1-8H3. The minimum absolute atomic E-state index is 0.146. The molecule has 126 valence electrons. The number of nitrogens with zero attached hydrogens (tertiary/aromatic N) is 1. The molecule has 0 bridgehead atoms. The van der Waals surface area contributed by atoms with E-state index in [9.17, 15) is 0 Å². The molecule has 1 aromatic rings. The fraction of sp³-hybridized carbons (Fsp3) is 0.714. The Bertz CT molecular complexity index is 415. The van der Waals surface area contributed by atoms with E-state index >= 15 is 0 Å². The van der Waals surface area contributed by atoms with E-state index in [-0.39, 0.29) is 11.1 Å². The van der Waals surface area contributed by atoms with Gasteiger partial charge < -0.3 is 0 Å². The lowest BCUT2D eigenvalue weighted by molar-refractivity contribution is -0.0590. The van der Waals surface area contributed by atoms with Crippen molar-refractivity contribution in [1.82, 2.24) is 4.90 Å². The van der Waals surface area contributed by atoms with Crippen molar-refractivity contribution in [2.24, 2.45) is 5.92 Å². The largest absolute Gasteiger partial charge is 0.286 e. The van der Waals surface area contributed by atoms with Crippen molar-refractivity contribution in [2.75, 3.05) is 0 Å². The van der Waals surface area contributed by atoms with E-state index in [1.165, 1.54) is 24.8 Å². The van der Waals surface area contributed by atoms with Gasteiger partial charge in [-0.2, -0.15) is 0 Å². The normalized spacial score (nSPS) is 14.6. The van der Waals surface area contributed by atoms with Crippen molar-refractivity contribution in [3.8, 4) is 0 Å².